The summed E-state index contributed by atoms with van der Waals surface area (Å²) in [5.74, 6) is -0.299. The predicted octanol–water partition coefficient (Wildman–Crippen LogP) is 2.58. The first-order chi connectivity index (χ1) is 9.20. The number of aliphatic hydroxyl groups excluding tert-OH is 1. The first-order valence-electron chi connectivity index (χ1n) is 6.92. The zero-order chi connectivity index (χ0) is 13.7. The number of aliphatic hydroxyl groups is 1. The Labute approximate surface area is 113 Å². The average Bonchev–Trinajstić information content (AvgIpc) is 2.42. The van der Waals surface area contributed by atoms with Crippen LogP contribution < -0.4 is 5.32 Å². The van der Waals surface area contributed by atoms with Gasteiger partial charge in [0.25, 0.3) is 0 Å². The fraction of sp³-hybridized carbons (Fsp3) is 0.533. The zero-order valence-corrected chi connectivity index (χ0v) is 11.3. The maximum atomic E-state index is 11.5. The first-order valence-corrected chi connectivity index (χ1v) is 6.92. The molecule has 0 heterocycles. The van der Waals surface area contributed by atoms with Crippen LogP contribution in [0, 0.1) is 0 Å². The van der Waals surface area contributed by atoms with E-state index in [1.807, 2.05) is 12.1 Å². The highest BCUT2D eigenvalue weighted by atomic mass is 16.5. The molecule has 1 aromatic rings. The van der Waals surface area contributed by atoms with E-state index in [1.54, 1.807) is 19.1 Å². The van der Waals surface area contributed by atoms with Gasteiger partial charge in [-0.25, -0.2) is 4.79 Å². The fourth-order valence-electron chi connectivity index (χ4n) is 2.41. The minimum atomic E-state index is -0.299. The summed E-state index contributed by atoms with van der Waals surface area (Å²) in [4.78, 5) is 11.5. The van der Waals surface area contributed by atoms with Gasteiger partial charge in [0.05, 0.1) is 24.3 Å². The molecule has 0 aliphatic heterocycles. The molecule has 1 aliphatic rings. The summed E-state index contributed by atoms with van der Waals surface area (Å²) in [6.07, 6.45) is 3.81. The van der Waals surface area contributed by atoms with Crippen molar-refractivity contribution >= 4 is 11.7 Å². The van der Waals surface area contributed by atoms with Crippen molar-refractivity contribution in [2.24, 2.45) is 0 Å². The molecular weight excluding hydrogens is 242 g/mol. The normalized spacial score (nSPS) is 22.8. The smallest absolute Gasteiger partial charge is 0.338 e. The maximum Gasteiger partial charge on any atom is 0.338 e. The van der Waals surface area contributed by atoms with Gasteiger partial charge in [0, 0.05) is 5.69 Å². The van der Waals surface area contributed by atoms with Gasteiger partial charge in [-0.2, -0.15) is 0 Å². The third kappa shape index (κ3) is 3.70. The summed E-state index contributed by atoms with van der Waals surface area (Å²) in [6, 6.07) is 7.31. The van der Waals surface area contributed by atoms with Crippen LogP contribution in [0.1, 0.15) is 43.0 Å². The maximum absolute atomic E-state index is 11.5. The van der Waals surface area contributed by atoms with Gasteiger partial charge < -0.3 is 15.2 Å². The summed E-state index contributed by atoms with van der Waals surface area (Å²) in [7, 11) is 0. The quantitative estimate of drug-likeness (QED) is 0.820. The Balaban J connectivity index is 1.96. The van der Waals surface area contributed by atoms with E-state index in [4.69, 9.17) is 4.74 Å². The lowest BCUT2D eigenvalue weighted by Gasteiger charge is -2.29. The van der Waals surface area contributed by atoms with Crippen molar-refractivity contribution < 1.29 is 14.6 Å². The number of benzene rings is 1. The fourth-order valence-corrected chi connectivity index (χ4v) is 2.41. The lowest BCUT2D eigenvalue weighted by atomic mass is 9.92. The lowest BCUT2D eigenvalue weighted by molar-refractivity contribution is 0.0526. The minimum Gasteiger partial charge on any atom is -0.462 e. The third-order valence-electron chi connectivity index (χ3n) is 3.48. The van der Waals surface area contributed by atoms with Crippen LogP contribution in [0.15, 0.2) is 24.3 Å². The molecule has 2 rings (SSSR count). The molecule has 0 bridgehead atoms. The molecule has 104 valence electrons. The van der Waals surface area contributed by atoms with E-state index in [0.717, 1.165) is 31.4 Å². The number of rotatable bonds is 4. The summed E-state index contributed by atoms with van der Waals surface area (Å²) in [5.41, 5.74) is 1.48. The van der Waals surface area contributed by atoms with Gasteiger partial charge >= 0.3 is 5.97 Å². The van der Waals surface area contributed by atoms with Gasteiger partial charge in [-0.1, -0.05) is 12.8 Å². The molecule has 0 unspecified atom stereocenters. The van der Waals surface area contributed by atoms with Gasteiger partial charge in [-0.05, 0) is 44.0 Å². The molecule has 0 amide bonds. The molecule has 0 saturated heterocycles. The molecule has 0 spiro atoms. The van der Waals surface area contributed by atoms with Crippen molar-refractivity contribution in [3.05, 3.63) is 29.8 Å². The number of nitrogens with one attached hydrogen (secondary N) is 1. The van der Waals surface area contributed by atoms with E-state index in [-0.39, 0.29) is 18.1 Å². The Hall–Kier alpha value is -1.55. The summed E-state index contributed by atoms with van der Waals surface area (Å²) in [5, 5.41) is 13.2. The number of hydrogen-bond acceptors (Lipinski definition) is 4. The van der Waals surface area contributed by atoms with E-state index >= 15 is 0 Å². The van der Waals surface area contributed by atoms with Crippen LogP contribution >= 0.6 is 0 Å². The van der Waals surface area contributed by atoms with Crippen LogP contribution in [0.4, 0.5) is 5.69 Å². The topological polar surface area (TPSA) is 58.6 Å². The van der Waals surface area contributed by atoms with Crippen LogP contribution in [0.5, 0.6) is 0 Å². The van der Waals surface area contributed by atoms with Gasteiger partial charge in [-0.15, -0.1) is 0 Å². The van der Waals surface area contributed by atoms with Gasteiger partial charge in [0.2, 0.25) is 0 Å². The molecule has 4 nitrogen and oxygen atoms in total. The summed E-state index contributed by atoms with van der Waals surface area (Å²) < 4.78 is 4.94. The second-order valence-corrected chi connectivity index (χ2v) is 4.90. The van der Waals surface area contributed by atoms with Gasteiger partial charge in [0.1, 0.15) is 0 Å². The third-order valence-corrected chi connectivity index (χ3v) is 3.48. The van der Waals surface area contributed by atoms with Crippen molar-refractivity contribution in [3.63, 3.8) is 0 Å². The largest absolute Gasteiger partial charge is 0.462 e. The Morgan fingerprint density at radius 3 is 2.63 bits per heavy atom. The van der Waals surface area contributed by atoms with Crippen molar-refractivity contribution in [2.45, 2.75) is 44.8 Å². The molecule has 0 radical (unpaired) electrons. The highest BCUT2D eigenvalue weighted by Crippen LogP contribution is 2.22. The zero-order valence-electron chi connectivity index (χ0n) is 11.3. The minimum absolute atomic E-state index is 0.113. The molecule has 2 N–H and O–H groups in total. The van der Waals surface area contributed by atoms with Crippen molar-refractivity contribution in [2.75, 3.05) is 11.9 Å². The molecule has 2 atom stereocenters. The highest BCUT2D eigenvalue weighted by Gasteiger charge is 2.22. The Morgan fingerprint density at radius 2 is 2.00 bits per heavy atom. The molecule has 4 heteroatoms. The number of anilines is 1. The molecule has 0 aromatic heterocycles. The van der Waals surface area contributed by atoms with E-state index in [0.29, 0.717) is 12.2 Å². The van der Waals surface area contributed by atoms with Crippen LogP contribution in [-0.4, -0.2) is 29.8 Å². The molecule has 1 saturated carbocycles. The van der Waals surface area contributed by atoms with Crippen LogP contribution in [0.2, 0.25) is 0 Å². The van der Waals surface area contributed by atoms with E-state index < -0.39 is 0 Å². The van der Waals surface area contributed by atoms with E-state index in [9.17, 15) is 9.90 Å². The number of carbonyl (C=O) groups excluding carboxylic acids is 1. The second-order valence-electron chi connectivity index (χ2n) is 4.90. The molecule has 1 aliphatic carbocycles. The molecule has 1 fully saturated rings. The Kier molecular flexibility index (Phi) is 4.80. The lowest BCUT2D eigenvalue weighted by Crippen LogP contribution is -2.36. The Bertz CT molecular complexity index is 416. The van der Waals surface area contributed by atoms with Gasteiger partial charge in [0.15, 0.2) is 0 Å². The predicted molar refractivity (Wildman–Crippen MR) is 74.3 cm³/mol. The van der Waals surface area contributed by atoms with Crippen LogP contribution in [0.25, 0.3) is 0 Å². The van der Waals surface area contributed by atoms with E-state index in [1.165, 1.54) is 0 Å². The average molecular weight is 263 g/mol. The standard InChI is InChI=1S/C15H21NO3/c1-2-19-15(18)11-7-9-12(10-8-11)16-13-5-3-4-6-14(13)17/h7-10,13-14,16-17H,2-6H2,1H3/t13-,14-/m0/s1. The van der Waals surface area contributed by atoms with Crippen LogP contribution in [0.3, 0.4) is 0 Å². The van der Waals surface area contributed by atoms with Crippen molar-refractivity contribution in [1.29, 1.82) is 0 Å². The number of ether oxygens (including phenoxy) is 1. The molecular formula is C15H21NO3. The summed E-state index contributed by atoms with van der Waals surface area (Å²) >= 11 is 0. The number of esters is 1. The molecule has 1 aromatic carbocycles. The molecule has 19 heavy (non-hydrogen) atoms. The van der Waals surface area contributed by atoms with Gasteiger partial charge in [-0.3, -0.25) is 0 Å². The second kappa shape index (κ2) is 6.57. The van der Waals surface area contributed by atoms with Crippen molar-refractivity contribution in [3.8, 4) is 0 Å². The van der Waals surface area contributed by atoms with Crippen molar-refractivity contribution in [1.82, 2.24) is 0 Å². The Morgan fingerprint density at radius 1 is 1.32 bits per heavy atom. The monoisotopic (exact) mass is 263 g/mol. The SMILES string of the molecule is CCOC(=O)c1ccc(N[C@H]2CCCC[C@@H]2O)cc1. The summed E-state index contributed by atoms with van der Waals surface area (Å²) in [6.45, 7) is 2.17. The number of hydrogen-bond donors (Lipinski definition) is 2. The van der Waals surface area contributed by atoms with Crippen LogP contribution in [-0.2, 0) is 4.74 Å². The number of carbonyl (C=O) groups is 1. The van der Waals surface area contributed by atoms with E-state index in [2.05, 4.69) is 5.32 Å². The highest BCUT2D eigenvalue weighted by molar-refractivity contribution is 5.89. The first kappa shape index (κ1) is 13.9.